The lowest BCUT2D eigenvalue weighted by molar-refractivity contribution is 0.552. The molecule has 0 amide bonds. The van der Waals surface area contributed by atoms with Gasteiger partial charge in [0.05, 0.1) is 10.7 Å². The minimum atomic E-state index is -0.170. The quantitative estimate of drug-likeness (QED) is 0.897. The molecule has 1 N–H and O–H groups in total. The monoisotopic (exact) mass is 292 g/mol. The lowest BCUT2D eigenvalue weighted by Gasteiger charge is -2.18. The average molecular weight is 292 g/mol. The second-order valence-corrected chi connectivity index (χ2v) is 6.30. The van der Waals surface area contributed by atoms with E-state index in [0.717, 1.165) is 29.2 Å². The fourth-order valence-corrected chi connectivity index (χ4v) is 3.49. The van der Waals surface area contributed by atoms with E-state index in [1.54, 1.807) is 17.4 Å². The number of nitrogens with zero attached hydrogens (tertiary/aromatic N) is 1. The van der Waals surface area contributed by atoms with E-state index in [2.05, 4.69) is 24.1 Å². The minimum absolute atomic E-state index is 0.170. The van der Waals surface area contributed by atoms with E-state index in [4.69, 9.17) is 0 Å². The molecule has 0 spiro atoms. The molecule has 4 heteroatoms. The van der Waals surface area contributed by atoms with Gasteiger partial charge in [0.25, 0.3) is 0 Å². The molecule has 20 heavy (non-hydrogen) atoms. The largest absolute Gasteiger partial charge is 0.309 e. The molecule has 108 valence electrons. The summed E-state index contributed by atoms with van der Waals surface area (Å²) in [7, 11) is 0. The molecule has 0 bridgehead atoms. The number of aromatic nitrogens is 1. The third-order valence-electron chi connectivity index (χ3n) is 3.44. The zero-order valence-corrected chi connectivity index (χ0v) is 13.3. The Bertz CT molecular complexity index is 592. The second-order valence-electron chi connectivity index (χ2n) is 5.07. The summed E-state index contributed by atoms with van der Waals surface area (Å²) in [6.45, 7) is 9.06. The van der Waals surface area contributed by atoms with Crippen LogP contribution >= 0.6 is 11.3 Å². The van der Waals surface area contributed by atoms with Gasteiger partial charge in [-0.3, -0.25) is 0 Å². The first-order chi connectivity index (χ1) is 9.51. The van der Waals surface area contributed by atoms with Gasteiger partial charge in [-0.15, -0.1) is 11.3 Å². The Morgan fingerprint density at radius 2 is 2.05 bits per heavy atom. The summed E-state index contributed by atoms with van der Waals surface area (Å²) >= 11 is 1.74. The Hall–Kier alpha value is -1.26. The molecular weight excluding hydrogens is 271 g/mol. The Labute approximate surface area is 124 Å². The van der Waals surface area contributed by atoms with Crippen LogP contribution in [0, 0.1) is 26.6 Å². The fraction of sp³-hybridized carbons (Fsp3) is 0.438. The lowest BCUT2D eigenvalue weighted by Crippen LogP contribution is -2.23. The zero-order valence-electron chi connectivity index (χ0n) is 12.5. The molecule has 0 saturated heterocycles. The molecule has 1 aromatic carbocycles. The SMILES string of the molecule is CCNC(Cc1ccc(F)cc1C)c1sc(C)nc1C. The van der Waals surface area contributed by atoms with E-state index in [1.165, 1.54) is 16.5 Å². The highest BCUT2D eigenvalue weighted by molar-refractivity contribution is 7.11. The van der Waals surface area contributed by atoms with Crippen molar-refractivity contribution in [3.05, 3.63) is 50.7 Å². The number of nitrogens with one attached hydrogen (secondary N) is 1. The van der Waals surface area contributed by atoms with Gasteiger partial charge < -0.3 is 5.32 Å². The van der Waals surface area contributed by atoms with Crippen LogP contribution < -0.4 is 5.32 Å². The van der Waals surface area contributed by atoms with Crippen LogP contribution in [-0.4, -0.2) is 11.5 Å². The molecule has 1 aromatic heterocycles. The first-order valence-electron chi connectivity index (χ1n) is 6.93. The van der Waals surface area contributed by atoms with Crippen molar-refractivity contribution in [3.8, 4) is 0 Å². The van der Waals surface area contributed by atoms with Gasteiger partial charge in [0, 0.05) is 10.9 Å². The number of thiazole rings is 1. The van der Waals surface area contributed by atoms with Crippen LogP contribution in [0.15, 0.2) is 18.2 Å². The number of hydrogen-bond donors (Lipinski definition) is 1. The Morgan fingerprint density at radius 3 is 2.60 bits per heavy atom. The third-order valence-corrected chi connectivity index (χ3v) is 4.62. The minimum Gasteiger partial charge on any atom is -0.309 e. The fourth-order valence-electron chi connectivity index (χ4n) is 2.48. The smallest absolute Gasteiger partial charge is 0.123 e. The summed E-state index contributed by atoms with van der Waals surface area (Å²) in [6, 6.07) is 5.27. The number of hydrogen-bond acceptors (Lipinski definition) is 3. The lowest BCUT2D eigenvalue weighted by atomic mass is 9.99. The molecule has 1 heterocycles. The molecule has 0 saturated carbocycles. The van der Waals surface area contributed by atoms with Crippen molar-refractivity contribution in [2.75, 3.05) is 6.54 Å². The van der Waals surface area contributed by atoms with E-state index < -0.39 is 0 Å². The second kappa shape index (κ2) is 6.46. The Balaban J connectivity index is 2.27. The highest BCUT2D eigenvalue weighted by atomic mass is 32.1. The van der Waals surface area contributed by atoms with Crippen molar-refractivity contribution in [2.24, 2.45) is 0 Å². The van der Waals surface area contributed by atoms with E-state index >= 15 is 0 Å². The zero-order chi connectivity index (χ0) is 14.7. The average Bonchev–Trinajstić information content (AvgIpc) is 2.71. The van der Waals surface area contributed by atoms with Crippen molar-refractivity contribution in [1.82, 2.24) is 10.3 Å². The first-order valence-corrected chi connectivity index (χ1v) is 7.75. The summed E-state index contributed by atoms with van der Waals surface area (Å²) in [6.07, 6.45) is 0.864. The Morgan fingerprint density at radius 1 is 1.30 bits per heavy atom. The predicted molar refractivity (Wildman–Crippen MR) is 82.8 cm³/mol. The van der Waals surface area contributed by atoms with Crippen LogP contribution in [0.4, 0.5) is 4.39 Å². The van der Waals surface area contributed by atoms with Crippen molar-refractivity contribution in [1.29, 1.82) is 0 Å². The molecule has 0 aliphatic carbocycles. The van der Waals surface area contributed by atoms with Crippen molar-refractivity contribution >= 4 is 11.3 Å². The van der Waals surface area contributed by atoms with Gasteiger partial charge in [0.2, 0.25) is 0 Å². The number of aryl methyl sites for hydroxylation is 3. The summed E-state index contributed by atoms with van der Waals surface area (Å²) in [4.78, 5) is 5.80. The van der Waals surface area contributed by atoms with Crippen molar-refractivity contribution in [3.63, 3.8) is 0 Å². The molecule has 2 rings (SSSR count). The molecule has 2 nitrogen and oxygen atoms in total. The maximum atomic E-state index is 13.2. The van der Waals surface area contributed by atoms with Crippen LogP contribution in [0.25, 0.3) is 0 Å². The van der Waals surface area contributed by atoms with E-state index in [-0.39, 0.29) is 11.9 Å². The number of benzene rings is 1. The molecule has 0 radical (unpaired) electrons. The highest BCUT2D eigenvalue weighted by Crippen LogP contribution is 2.28. The molecule has 0 aliphatic heterocycles. The van der Waals surface area contributed by atoms with Gasteiger partial charge in [-0.1, -0.05) is 13.0 Å². The normalized spacial score (nSPS) is 12.7. The molecular formula is C16H21FN2S. The number of rotatable bonds is 5. The van der Waals surface area contributed by atoms with Gasteiger partial charge in [-0.2, -0.15) is 0 Å². The molecule has 2 aromatic rings. The maximum absolute atomic E-state index is 13.2. The standard InChI is InChI=1S/C16H21FN2S/c1-5-18-15(16-11(3)19-12(4)20-16)9-13-6-7-14(17)8-10(13)2/h6-8,15,18H,5,9H2,1-4H3. The molecule has 0 aliphatic rings. The van der Waals surface area contributed by atoms with E-state index in [1.807, 2.05) is 19.9 Å². The molecule has 1 unspecified atom stereocenters. The van der Waals surface area contributed by atoms with E-state index in [9.17, 15) is 4.39 Å². The first kappa shape index (κ1) is 15.1. The maximum Gasteiger partial charge on any atom is 0.123 e. The number of likely N-dealkylation sites (N-methyl/N-ethyl adjacent to an activating group) is 1. The summed E-state index contributed by atoms with van der Waals surface area (Å²) in [5.74, 6) is -0.170. The summed E-state index contributed by atoms with van der Waals surface area (Å²) < 4.78 is 13.2. The van der Waals surface area contributed by atoms with Crippen LogP contribution in [0.1, 0.15) is 39.7 Å². The predicted octanol–water partition coefficient (Wildman–Crippen LogP) is 4.10. The Kier molecular flexibility index (Phi) is 4.89. The summed E-state index contributed by atoms with van der Waals surface area (Å²) in [5, 5.41) is 4.61. The van der Waals surface area contributed by atoms with Crippen LogP contribution in [0.5, 0.6) is 0 Å². The van der Waals surface area contributed by atoms with Gasteiger partial charge >= 0.3 is 0 Å². The molecule has 1 atom stereocenters. The summed E-state index contributed by atoms with van der Waals surface area (Å²) in [5.41, 5.74) is 3.29. The number of halogens is 1. The van der Waals surface area contributed by atoms with Gasteiger partial charge in [0.1, 0.15) is 5.82 Å². The van der Waals surface area contributed by atoms with Crippen LogP contribution in [0.3, 0.4) is 0 Å². The van der Waals surface area contributed by atoms with Gasteiger partial charge in [-0.05, 0) is 57.0 Å². The van der Waals surface area contributed by atoms with Crippen molar-refractivity contribution in [2.45, 2.75) is 40.2 Å². The van der Waals surface area contributed by atoms with Crippen LogP contribution in [0.2, 0.25) is 0 Å². The van der Waals surface area contributed by atoms with Crippen LogP contribution in [-0.2, 0) is 6.42 Å². The topological polar surface area (TPSA) is 24.9 Å². The van der Waals surface area contributed by atoms with Gasteiger partial charge in [-0.25, -0.2) is 9.37 Å². The third kappa shape index (κ3) is 3.44. The van der Waals surface area contributed by atoms with E-state index in [0.29, 0.717) is 0 Å². The van der Waals surface area contributed by atoms with Gasteiger partial charge in [0.15, 0.2) is 0 Å². The highest BCUT2D eigenvalue weighted by Gasteiger charge is 2.18. The molecule has 0 fully saturated rings. The van der Waals surface area contributed by atoms with Crippen molar-refractivity contribution < 1.29 is 4.39 Å².